The molecule has 1 heterocycles. The van der Waals surface area contributed by atoms with Crippen molar-refractivity contribution < 1.29 is 13.9 Å². The van der Waals surface area contributed by atoms with Gasteiger partial charge in [0.1, 0.15) is 0 Å². The highest BCUT2D eigenvalue weighted by Gasteiger charge is 2.56. The SMILES string of the molecule is CCO[C@H]1C[C@@H](NC(=O)Nc2ccc3c(c2)oc(=O)n3C)C12CCCCC2. The Balaban J connectivity index is 1.44. The first-order valence-electron chi connectivity index (χ1n) is 9.82. The van der Waals surface area contributed by atoms with Gasteiger partial charge in [-0.15, -0.1) is 0 Å². The molecule has 0 bridgehead atoms. The highest BCUT2D eigenvalue weighted by Crippen LogP contribution is 2.53. The first-order chi connectivity index (χ1) is 13.0. The highest BCUT2D eigenvalue weighted by atomic mass is 16.5. The first-order valence-corrected chi connectivity index (χ1v) is 9.82. The van der Waals surface area contributed by atoms with Crippen LogP contribution in [-0.2, 0) is 11.8 Å². The van der Waals surface area contributed by atoms with Crippen LogP contribution >= 0.6 is 0 Å². The van der Waals surface area contributed by atoms with Crippen molar-refractivity contribution in [1.29, 1.82) is 0 Å². The lowest BCUT2D eigenvalue weighted by molar-refractivity contribution is -0.146. The lowest BCUT2D eigenvalue weighted by Gasteiger charge is -2.57. The van der Waals surface area contributed by atoms with E-state index in [1.165, 1.54) is 23.8 Å². The summed E-state index contributed by atoms with van der Waals surface area (Å²) < 4.78 is 12.6. The van der Waals surface area contributed by atoms with Crippen molar-refractivity contribution in [2.45, 2.75) is 57.6 Å². The molecule has 7 nitrogen and oxygen atoms in total. The molecule has 2 aliphatic rings. The second-order valence-corrected chi connectivity index (χ2v) is 7.73. The number of ether oxygens (including phenoxy) is 1. The van der Waals surface area contributed by atoms with Crippen LogP contribution in [0.5, 0.6) is 0 Å². The average molecular weight is 373 g/mol. The molecule has 2 saturated carbocycles. The van der Waals surface area contributed by atoms with Crippen LogP contribution in [0.15, 0.2) is 27.4 Å². The Morgan fingerprint density at radius 3 is 2.85 bits per heavy atom. The van der Waals surface area contributed by atoms with E-state index in [1.54, 1.807) is 25.2 Å². The predicted molar refractivity (Wildman–Crippen MR) is 103 cm³/mol. The number of amides is 2. The van der Waals surface area contributed by atoms with Crippen LogP contribution in [0.4, 0.5) is 10.5 Å². The molecule has 4 rings (SSSR count). The van der Waals surface area contributed by atoms with Crippen molar-refractivity contribution in [3.05, 3.63) is 28.7 Å². The topological polar surface area (TPSA) is 85.5 Å². The Hall–Kier alpha value is -2.28. The molecule has 7 heteroatoms. The summed E-state index contributed by atoms with van der Waals surface area (Å²) in [5.74, 6) is -0.415. The molecule has 2 atom stereocenters. The zero-order valence-corrected chi connectivity index (χ0v) is 15.9. The minimum absolute atomic E-state index is 0.0851. The third-order valence-corrected chi connectivity index (χ3v) is 6.29. The number of nitrogens with zero attached hydrogens (tertiary/aromatic N) is 1. The van der Waals surface area contributed by atoms with E-state index in [0.717, 1.165) is 19.3 Å². The molecule has 0 saturated heterocycles. The Bertz CT molecular complexity index is 894. The quantitative estimate of drug-likeness (QED) is 0.860. The Labute approximate surface area is 158 Å². The van der Waals surface area contributed by atoms with Gasteiger partial charge in [0, 0.05) is 36.9 Å². The van der Waals surface area contributed by atoms with Gasteiger partial charge in [-0.1, -0.05) is 19.3 Å². The zero-order valence-electron chi connectivity index (χ0n) is 15.9. The normalized spacial score (nSPS) is 23.9. The smallest absolute Gasteiger partial charge is 0.408 e. The van der Waals surface area contributed by atoms with Gasteiger partial charge in [0.15, 0.2) is 5.58 Å². The minimum Gasteiger partial charge on any atom is -0.408 e. The molecular formula is C20H27N3O4. The van der Waals surface area contributed by atoms with Gasteiger partial charge in [0.25, 0.3) is 0 Å². The summed E-state index contributed by atoms with van der Waals surface area (Å²) in [6, 6.07) is 5.14. The van der Waals surface area contributed by atoms with Gasteiger partial charge >= 0.3 is 11.8 Å². The average Bonchev–Trinajstić information content (AvgIpc) is 2.95. The molecule has 0 radical (unpaired) electrons. The number of nitrogens with one attached hydrogen (secondary N) is 2. The fourth-order valence-corrected chi connectivity index (χ4v) is 4.80. The summed E-state index contributed by atoms with van der Waals surface area (Å²) in [7, 11) is 1.66. The van der Waals surface area contributed by atoms with Gasteiger partial charge in [0.05, 0.1) is 11.6 Å². The van der Waals surface area contributed by atoms with E-state index in [9.17, 15) is 9.59 Å². The van der Waals surface area contributed by atoms with Crippen LogP contribution in [0.1, 0.15) is 45.4 Å². The molecule has 2 N–H and O–H groups in total. The molecule has 1 aromatic carbocycles. The maximum Gasteiger partial charge on any atom is 0.419 e. The highest BCUT2D eigenvalue weighted by molar-refractivity contribution is 5.91. The van der Waals surface area contributed by atoms with Crippen molar-refractivity contribution in [2.24, 2.45) is 12.5 Å². The zero-order chi connectivity index (χ0) is 19.0. The molecule has 1 spiro atoms. The number of hydrogen-bond donors (Lipinski definition) is 2. The van der Waals surface area contributed by atoms with Gasteiger partial charge in [-0.2, -0.15) is 0 Å². The lowest BCUT2D eigenvalue weighted by Crippen LogP contribution is -2.65. The summed E-state index contributed by atoms with van der Waals surface area (Å²) in [4.78, 5) is 24.2. The molecular weight excluding hydrogens is 346 g/mol. The Morgan fingerprint density at radius 1 is 1.33 bits per heavy atom. The van der Waals surface area contributed by atoms with E-state index in [0.29, 0.717) is 23.4 Å². The van der Waals surface area contributed by atoms with Crippen molar-refractivity contribution in [2.75, 3.05) is 11.9 Å². The standard InChI is InChI=1S/C20H27N3O4/c1-3-26-17-12-16(20(17)9-5-4-6-10-20)22-18(24)21-13-7-8-14-15(11-13)27-19(25)23(14)2/h7-8,11,16-17H,3-6,9-10,12H2,1-2H3,(H2,21,22,24)/t16-,17+/m1/s1. The number of aromatic nitrogens is 1. The molecule has 1 aromatic heterocycles. The van der Waals surface area contributed by atoms with Gasteiger partial charge in [-0.05, 0) is 38.3 Å². The second kappa shape index (κ2) is 7.03. The fourth-order valence-electron chi connectivity index (χ4n) is 4.80. The van der Waals surface area contributed by atoms with Crippen LogP contribution < -0.4 is 16.4 Å². The van der Waals surface area contributed by atoms with Gasteiger partial charge < -0.3 is 19.8 Å². The van der Waals surface area contributed by atoms with Crippen molar-refractivity contribution in [3.63, 3.8) is 0 Å². The maximum absolute atomic E-state index is 12.6. The summed E-state index contributed by atoms with van der Waals surface area (Å²) in [6.45, 7) is 2.75. The number of benzene rings is 1. The van der Waals surface area contributed by atoms with E-state index in [-0.39, 0.29) is 23.6 Å². The first kappa shape index (κ1) is 18.1. The second-order valence-electron chi connectivity index (χ2n) is 7.73. The largest absolute Gasteiger partial charge is 0.419 e. The van der Waals surface area contributed by atoms with Gasteiger partial charge in [0.2, 0.25) is 0 Å². The molecule has 2 fully saturated rings. The van der Waals surface area contributed by atoms with Gasteiger partial charge in [-0.25, -0.2) is 9.59 Å². The third-order valence-electron chi connectivity index (χ3n) is 6.29. The lowest BCUT2D eigenvalue weighted by atomic mass is 9.55. The van der Waals surface area contributed by atoms with Crippen molar-refractivity contribution >= 4 is 22.8 Å². The van der Waals surface area contributed by atoms with E-state index in [2.05, 4.69) is 10.6 Å². The maximum atomic E-state index is 12.6. The third kappa shape index (κ3) is 3.14. The fraction of sp³-hybridized carbons (Fsp3) is 0.600. The number of anilines is 1. The van der Waals surface area contributed by atoms with Crippen molar-refractivity contribution in [1.82, 2.24) is 9.88 Å². The van der Waals surface area contributed by atoms with Crippen molar-refractivity contribution in [3.8, 4) is 0 Å². The monoisotopic (exact) mass is 373 g/mol. The van der Waals surface area contributed by atoms with Crippen LogP contribution in [0, 0.1) is 5.41 Å². The molecule has 2 aliphatic carbocycles. The van der Waals surface area contributed by atoms with E-state index >= 15 is 0 Å². The molecule has 0 aliphatic heterocycles. The van der Waals surface area contributed by atoms with Crippen LogP contribution in [0.3, 0.4) is 0 Å². The summed E-state index contributed by atoms with van der Waals surface area (Å²) in [5.41, 5.74) is 1.85. The Kier molecular flexibility index (Phi) is 4.72. The van der Waals surface area contributed by atoms with E-state index < -0.39 is 5.76 Å². The molecule has 2 aromatic rings. The number of rotatable bonds is 4. The molecule has 27 heavy (non-hydrogen) atoms. The van der Waals surface area contributed by atoms with Crippen LogP contribution in [-0.4, -0.2) is 29.4 Å². The molecule has 146 valence electrons. The summed E-state index contributed by atoms with van der Waals surface area (Å²) in [5, 5.41) is 6.02. The summed E-state index contributed by atoms with van der Waals surface area (Å²) >= 11 is 0. The summed E-state index contributed by atoms with van der Waals surface area (Å²) in [6.07, 6.45) is 7.02. The van der Waals surface area contributed by atoms with E-state index in [4.69, 9.17) is 9.15 Å². The van der Waals surface area contributed by atoms with Gasteiger partial charge in [-0.3, -0.25) is 4.57 Å². The number of carbonyl (C=O) groups excluding carboxylic acids is 1. The predicted octanol–water partition coefficient (Wildman–Crippen LogP) is 3.38. The van der Waals surface area contributed by atoms with Crippen LogP contribution in [0.2, 0.25) is 0 Å². The number of urea groups is 1. The number of hydrogen-bond acceptors (Lipinski definition) is 4. The number of oxazole rings is 1. The number of fused-ring (bicyclic) bond motifs is 1. The minimum atomic E-state index is -0.415. The van der Waals surface area contributed by atoms with Crippen LogP contribution in [0.25, 0.3) is 11.1 Å². The molecule has 0 unspecified atom stereocenters. The number of aryl methyl sites for hydroxylation is 1. The van der Waals surface area contributed by atoms with E-state index in [1.807, 2.05) is 6.92 Å². The Morgan fingerprint density at radius 2 is 2.11 bits per heavy atom. The number of carbonyl (C=O) groups is 1. The molecule has 2 amide bonds.